The summed E-state index contributed by atoms with van der Waals surface area (Å²) in [4.78, 5) is 26.1. The maximum Gasteiger partial charge on any atom is 0.263 e. The van der Waals surface area contributed by atoms with Gasteiger partial charge in [-0.1, -0.05) is 0 Å². The highest BCUT2D eigenvalue weighted by molar-refractivity contribution is 7.89. The van der Waals surface area contributed by atoms with Crippen molar-refractivity contribution >= 4 is 33.1 Å². The Labute approximate surface area is 121 Å². The number of carbonyl (C=O) groups excluding carboxylic acids is 2. The summed E-state index contributed by atoms with van der Waals surface area (Å²) in [6, 6.07) is 3.27. The van der Waals surface area contributed by atoms with Crippen LogP contribution in [0, 0.1) is 5.92 Å². The normalized spacial score (nSPS) is 19.3. The smallest absolute Gasteiger partial charge is 0.263 e. The average molecular weight is 316 g/mol. The van der Waals surface area contributed by atoms with Crippen LogP contribution in [0.2, 0.25) is 0 Å². The van der Waals surface area contributed by atoms with Crippen molar-refractivity contribution in [2.45, 2.75) is 13.3 Å². The lowest BCUT2D eigenvalue weighted by Crippen LogP contribution is -2.30. The van der Waals surface area contributed by atoms with Crippen molar-refractivity contribution in [3.63, 3.8) is 0 Å². The summed E-state index contributed by atoms with van der Waals surface area (Å²) in [6.45, 7) is 2.37. The van der Waals surface area contributed by atoms with Gasteiger partial charge in [-0.05, 0) is 31.4 Å². The van der Waals surface area contributed by atoms with Crippen molar-refractivity contribution in [3.8, 4) is 0 Å². The van der Waals surface area contributed by atoms with E-state index in [-0.39, 0.29) is 23.4 Å². The van der Waals surface area contributed by atoms with E-state index in [1.165, 1.54) is 18.3 Å². The van der Waals surface area contributed by atoms with Crippen molar-refractivity contribution in [2.24, 2.45) is 11.1 Å². The molecule has 1 aromatic heterocycles. The summed E-state index contributed by atoms with van der Waals surface area (Å²) < 4.78 is 22.1. The highest BCUT2D eigenvalue weighted by Crippen LogP contribution is 2.23. The van der Waals surface area contributed by atoms with Gasteiger partial charge in [-0.3, -0.25) is 9.59 Å². The van der Waals surface area contributed by atoms with Crippen LogP contribution in [0.25, 0.3) is 0 Å². The Bertz CT molecular complexity index is 636. The number of amides is 1. The third-order valence-electron chi connectivity index (χ3n) is 3.20. The number of primary sulfonamides is 1. The number of carbonyl (C=O) groups is 2. The summed E-state index contributed by atoms with van der Waals surface area (Å²) in [5, 5.41) is 5.02. The number of rotatable bonds is 4. The molecule has 1 amide bonds. The molecular weight excluding hydrogens is 300 g/mol. The Morgan fingerprint density at radius 3 is 2.60 bits per heavy atom. The van der Waals surface area contributed by atoms with E-state index in [1.807, 2.05) is 0 Å². The molecule has 1 fully saturated rings. The minimum absolute atomic E-state index is 0.0671. The monoisotopic (exact) mass is 316 g/mol. The second-order valence-electron chi connectivity index (χ2n) is 4.96. The molecule has 0 unspecified atom stereocenters. The fourth-order valence-electron chi connectivity index (χ4n) is 2.28. The Balaban J connectivity index is 2.02. The third kappa shape index (κ3) is 3.65. The maximum atomic E-state index is 12.2. The van der Waals surface area contributed by atoms with Gasteiger partial charge in [-0.2, -0.15) is 0 Å². The van der Waals surface area contributed by atoms with Gasteiger partial charge in [0, 0.05) is 13.1 Å². The average Bonchev–Trinajstić information content (AvgIpc) is 2.93. The highest BCUT2D eigenvalue weighted by atomic mass is 32.2. The van der Waals surface area contributed by atoms with Crippen LogP contribution in [0.5, 0.6) is 0 Å². The molecule has 1 saturated heterocycles. The van der Waals surface area contributed by atoms with Crippen LogP contribution in [0.15, 0.2) is 12.1 Å². The van der Waals surface area contributed by atoms with Gasteiger partial charge in [-0.15, -0.1) is 11.3 Å². The number of sulfonamides is 1. The number of thiophene rings is 1. The maximum absolute atomic E-state index is 12.2. The SMILES string of the molecule is CC(=O)c1ccc(C(=O)N2CC[C@@H](CS(N)(=O)=O)C2)s1. The van der Waals surface area contributed by atoms with Crippen LogP contribution in [0.3, 0.4) is 0 Å². The van der Waals surface area contributed by atoms with Crippen LogP contribution in [-0.4, -0.2) is 43.9 Å². The van der Waals surface area contributed by atoms with E-state index in [1.54, 1.807) is 17.0 Å². The molecule has 0 bridgehead atoms. The van der Waals surface area contributed by atoms with Gasteiger partial charge in [0.1, 0.15) is 0 Å². The van der Waals surface area contributed by atoms with E-state index >= 15 is 0 Å². The molecule has 2 heterocycles. The van der Waals surface area contributed by atoms with E-state index in [0.717, 1.165) is 0 Å². The van der Waals surface area contributed by atoms with Gasteiger partial charge < -0.3 is 4.90 Å². The first-order valence-corrected chi connectivity index (χ1v) is 8.70. The first-order chi connectivity index (χ1) is 9.26. The molecule has 110 valence electrons. The second-order valence-corrected chi connectivity index (χ2v) is 7.70. The summed E-state index contributed by atoms with van der Waals surface area (Å²) >= 11 is 1.17. The lowest BCUT2D eigenvalue weighted by Gasteiger charge is -2.15. The third-order valence-corrected chi connectivity index (χ3v) is 5.31. The van der Waals surface area contributed by atoms with E-state index in [9.17, 15) is 18.0 Å². The van der Waals surface area contributed by atoms with Crippen LogP contribution < -0.4 is 5.14 Å². The quantitative estimate of drug-likeness (QED) is 0.827. The van der Waals surface area contributed by atoms with E-state index in [4.69, 9.17) is 5.14 Å². The summed E-state index contributed by atoms with van der Waals surface area (Å²) in [7, 11) is -3.51. The Morgan fingerprint density at radius 2 is 2.05 bits per heavy atom. The molecule has 1 atom stereocenters. The Kier molecular flexibility index (Phi) is 4.26. The molecule has 0 spiro atoms. The second kappa shape index (κ2) is 5.63. The number of nitrogens with two attached hydrogens (primary N) is 1. The summed E-state index contributed by atoms with van der Waals surface area (Å²) in [5.41, 5.74) is 0. The van der Waals surface area contributed by atoms with Crippen molar-refractivity contribution in [1.82, 2.24) is 4.90 Å². The summed E-state index contributed by atoms with van der Waals surface area (Å²) in [6.07, 6.45) is 0.632. The Hall–Kier alpha value is -1.25. The molecule has 20 heavy (non-hydrogen) atoms. The Morgan fingerprint density at radius 1 is 1.40 bits per heavy atom. The topological polar surface area (TPSA) is 97.5 Å². The van der Waals surface area contributed by atoms with Crippen molar-refractivity contribution in [2.75, 3.05) is 18.8 Å². The van der Waals surface area contributed by atoms with Gasteiger partial charge in [0.15, 0.2) is 5.78 Å². The largest absolute Gasteiger partial charge is 0.338 e. The fourth-order valence-corrected chi connectivity index (χ4v) is 4.08. The predicted molar refractivity (Wildman–Crippen MR) is 76.3 cm³/mol. The lowest BCUT2D eigenvalue weighted by atomic mass is 10.2. The molecule has 1 aromatic rings. The predicted octanol–water partition coefficient (Wildman–Crippen LogP) is 0.701. The molecule has 2 N–H and O–H groups in total. The van der Waals surface area contributed by atoms with Crippen molar-refractivity contribution < 1.29 is 18.0 Å². The first kappa shape index (κ1) is 15.1. The molecule has 0 radical (unpaired) electrons. The number of hydrogen-bond acceptors (Lipinski definition) is 5. The van der Waals surface area contributed by atoms with Crippen LogP contribution in [-0.2, 0) is 10.0 Å². The van der Waals surface area contributed by atoms with E-state index in [2.05, 4.69) is 0 Å². The molecule has 0 aromatic carbocycles. The minimum Gasteiger partial charge on any atom is -0.338 e. The molecular formula is C12H16N2O4S2. The zero-order valence-electron chi connectivity index (χ0n) is 11.0. The van der Waals surface area contributed by atoms with E-state index < -0.39 is 10.0 Å². The molecule has 1 aliphatic heterocycles. The number of Topliss-reactive ketones (excluding diaryl/α,β-unsaturated/α-hetero) is 1. The van der Waals surface area contributed by atoms with Gasteiger partial charge in [0.2, 0.25) is 10.0 Å². The number of likely N-dealkylation sites (tertiary alicyclic amines) is 1. The lowest BCUT2D eigenvalue weighted by molar-refractivity contribution is 0.0793. The highest BCUT2D eigenvalue weighted by Gasteiger charge is 2.30. The summed E-state index contributed by atoms with van der Waals surface area (Å²) in [5.74, 6) is -0.428. The zero-order valence-corrected chi connectivity index (χ0v) is 12.7. The fraction of sp³-hybridized carbons (Fsp3) is 0.500. The number of ketones is 1. The van der Waals surface area contributed by atoms with Gasteiger partial charge in [0.05, 0.1) is 15.5 Å². The van der Waals surface area contributed by atoms with Gasteiger partial charge >= 0.3 is 0 Å². The number of nitrogens with zero attached hydrogens (tertiary/aromatic N) is 1. The first-order valence-electron chi connectivity index (χ1n) is 6.17. The van der Waals surface area contributed by atoms with Crippen molar-refractivity contribution in [3.05, 3.63) is 21.9 Å². The van der Waals surface area contributed by atoms with Gasteiger partial charge in [0.25, 0.3) is 5.91 Å². The standard InChI is InChI=1S/C12H16N2O4S2/c1-8(15)10-2-3-11(19-10)12(16)14-5-4-9(6-14)7-20(13,17)18/h2-3,9H,4-7H2,1H3,(H2,13,17,18)/t9-/m1/s1. The zero-order chi connectivity index (χ0) is 14.9. The van der Waals surface area contributed by atoms with Crippen LogP contribution >= 0.6 is 11.3 Å². The molecule has 0 aliphatic carbocycles. The molecule has 8 heteroatoms. The number of hydrogen-bond donors (Lipinski definition) is 1. The van der Waals surface area contributed by atoms with Crippen molar-refractivity contribution in [1.29, 1.82) is 0 Å². The van der Waals surface area contributed by atoms with Crippen LogP contribution in [0.4, 0.5) is 0 Å². The molecule has 2 rings (SSSR count). The minimum atomic E-state index is -3.51. The molecule has 0 saturated carbocycles. The van der Waals surface area contributed by atoms with Crippen LogP contribution in [0.1, 0.15) is 32.7 Å². The van der Waals surface area contributed by atoms with Gasteiger partial charge in [-0.25, -0.2) is 13.6 Å². The molecule has 6 nitrogen and oxygen atoms in total. The molecule has 1 aliphatic rings. The van der Waals surface area contributed by atoms with E-state index in [0.29, 0.717) is 29.3 Å².